The van der Waals surface area contributed by atoms with Crippen LogP contribution in [0.4, 0.5) is 0 Å². The first-order valence-corrected chi connectivity index (χ1v) is 4.88. The van der Waals surface area contributed by atoms with E-state index in [0.717, 1.165) is 18.8 Å². The lowest BCUT2D eigenvalue weighted by molar-refractivity contribution is 0.708. The predicted molar refractivity (Wildman–Crippen MR) is 52.9 cm³/mol. The van der Waals surface area contributed by atoms with Crippen molar-refractivity contribution in [3.63, 3.8) is 0 Å². The summed E-state index contributed by atoms with van der Waals surface area (Å²) in [5.41, 5.74) is 1.35. The highest BCUT2D eigenvalue weighted by Gasteiger charge is 2.25. The van der Waals surface area contributed by atoms with E-state index in [0.29, 0.717) is 5.92 Å². The highest BCUT2D eigenvalue weighted by Crippen LogP contribution is 2.31. The van der Waals surface area contributed by atoms with Crippen LogP contribution < -0.4 is 0 Å². The molecule has 0 fully saturated rings. The molecular weight excluding hydrogens is 174 g/mol. The fraction of sp³-hybridized carbons (Fsp3) is 0.273. The van der Waals surface area contributed by atoms with Gasteiger partial charge in [-0.05, 0) is 12.0 Å². The molecule has 1 aromatic heterocycles. The number of benzene rings is 1. The first-order valence-electron chi connectivity index (χ1n) is 4.88. The van der Waals surface area contributed by atoms with E-state index >= 15 is 0 Å². The van der Waals surface area contributed by atoms with Crippen LogP contribution in [-0.2, 0) is 6.54 Å². The first-order chi connectivity index (χ1) is 6.95. The van der Waals surface area contributed by atoms with Gasteiger partial charge in [-0.3, -0.25) is 0 Å². The summed E-state index contributed by atoms with van der Waals surface area (Å²) in [5.74, 6) is 1.55. The molecular formula is C11H11N3. The third kappa shape index (κ3) is 1.05. The van der Waals surface area contributed by atoms with Crippen LogP contribution in [0.2, 0.25) is 0 Å². The molecule has 1 aliphatic rings. The number of aromatic nitrogens is 3. The molecule has 70 valence electrons. The quantitative estimate of drug-likeness (QED) is 0.678. The average Bonchev–Trinajstić information content (AvgIpc) is 2.79. The highest BCUT2D eigenvalue weighted by molar-refractivity contribution is 5.26. The molecule has 0 N–H and O–H groups in total. The van der Waals surface area contributed by atoms with Crippen molar-refractivity contribution in [2.45, 2.75) is 18.9 Å². The minimum absolute atomic E-state index is 0.443. The molecule has 0 bridgehead atoms. The third-order valence-electron chi connectivity index (χ3n) is 2.82. The van der Waals surface area contributed by atoms with Crippen LogP contribution in [0.25, 0.3) is 0 Å². The second kappa shape index (κ2) is 2.94. The van der Waals surface area contributed by atoms with Gasteiger partial charge in [-0.2, -0.15) is 0 Å². The maximum Gasteiger partial charge on any atom is 0.140 e. The number of aryl methyl sites for hydroxylation is 1. The number of nitrogens with zero attached hydrogens (tertiary/aromatic N) is 3. The molecule has 0 aliphatic carbocycles. The lowest BCUT2D eigenvalue weighted by Gasteiger charge is -2.06. The zero-order valence-electron chi connectivity index (χ0n) is 7.80. The third-order valence-corrected chi connectivity index (χ3v) is 2.82. The van der Waals surface area contributed by atoms with E-state index in [4.69, 9.17) is 0 Å². The highest BCUT2D eigenvalue weighted by atomic mass is 15.3. The molecule has 0 radical (unpaired) electrons. The van der Waals surface area contributed by atoms with Crippen molar-refractivity contribution >= 4 is 0 Å². The second-order valence-electron chi connectivity index (χ2n) is 3.63. The summed E-state index contributed by atoms with van der Waals surface area (Å²) in [6.45, 7) is 1.04. The summed E-state index contributed by atoms with van der Waals surface area (Å²) in [6.07, 6.45) is 2.97. The maximum absolute atomic E-state index is 4.17. The van der Waals surface area contributed by atoms with Gasteiger partial charge in [0.2, 0.25) is 0 Å². The molecule has 14 heavy (non-hydrogen) atoms. The van der Waals surface area contributed by atoms with Gasteiger partial charge in [0.25, 0.3) is 0 Å². The van der Waals surface area contributed by atoms with Crippen LogP contribution in [-0.4, -0.2) is 14.8 Å². The Morgan fingerprint density at radius 1 is 1.21 bits per heavy atom. The normalized spacial score (nSPS) is 19.6. The van der Waals surface area contributed by atoms with Gasteiger partial charge in [0.15, 0.2) is 0 Å². The molecule has 2 heterocycles. The molecule has 2 aromatic rings. The summed E-state index contributed by atoms with van der Waals surface area (Å²) >= 11 is 0. The van der Waals surface area contributed by atoms with Crippen LogP contribution in [0, 0.1) is 0 Å². The van der Waals surface area contributed by atoms with E-state index in [9.17, 15) is 0 Å². The van der Waals surface area contributed by atoms with Gasteiger partial charge in [0.05, 0.1) is 0 Å². The molecule has 0 saturated heterocycles. The van der Waals surface area contributed by atoms with Gasteiger partial charge in [-0.1, -0.05) is 30.3 Å². The van der Waals surface area contributed by atoms with Gasteiger partial charge in [-0.15, -0.1) is 10.2 Å². The van der Waals surface area contributed by atoms with Gasteiger partial charge in [0.1, 0.15) is 12.2 Å². The Kier molecular flexibility index (Phi) is 1.63. The van der Waals surface area contributed by atoms with Gasteiger partial charge >= 0.3 is 0 Å². The summed E-state index contributed by atoms with van der Waals surface area (Å²) in [7, 11) is 0. The topological polar surface area (TPSA) is 30.7 Å². The van der Waals surface area contributed by atoms with E-state index in [1.54, 1.807) is 0 Å². The minimum atomic E-state index is 0.443. The van der Waals surface area contributed by atoms with Crippen LogP contribution in [0.5, 0.6) is 0 Å². The molecule has 1 aromatic carbocycles. The van der Waals surface area contributed by atoms with Gasteiger partial charge in [0, 0.05) is 12.5 Å². The van der Waals surface area contributed by atoms with Crippen molar-refractivity contribution in [1.82, 2.24) is 14.8 Å². The number of rotatable bonds is 1. The van der Waals surface area contributed by atoms with E-state index in [2.05, 4.69) is 39.0 Å². The number of fused-ring (bicyclic) bond motifs is 1. The molecule has 0 amide bonds. The molecule has 0 saturated carbocycles. The zero-order valence-corrected chi connectivity index (χ0v) is 7.80. The molecule has 1 unspecified atom stereocenters. The lowest BCUT2D eigenvalue weighted by Crippen LogP contribution is -1.97. The van der Waals surface area contributed by atoms with E-state index < -0.39 is 0 Å². The Labute approximate surface area is 82.4 Å². The van der Waals surface area contributed by atoms with E-state index in [1.165, 1.54) is 5.56 Å². The van der Waals surface area contributed by atoms with E-state index in [1.807, 2.05) is 12.4 Å². The van der Waals surface area contributed by atoms with Crippen LogP contribution in [0.3, 0.4) is 0 Å². The molecule has 0 spiro atoms. The van der Waals surface area contributed by atoms with Crippen LogP contribution in [0.15, 0.2) is 36.7 Å². The minimum Gasteiger partial charge on any atom is -0.317 e. The fourth-order valence-corrected chi connectivity index (χ4v) is 2.10. The van der Waals surface area contributed by atoms with Crippen molar-refractivity contribution in [2.24, 2.45) is 0 Å². The molecule has 1 atom stereocenters. The SMILES string of the molecule is c1ccc(C2CCn3cnnc32)cc1. The fourth-order valence-electron chi connectivity index (χ4n) is 2.10. The monoisotopic (exact) mass is 185 g/mol. The Morgan fingerprint density at radius 3 is 2.93 bits per heavy atom. The van der Waals surface area contributed by atoms with Crippen LogP contribution >= 0.6 is 0 Å². The molecule has 1 aliphatic heterocycles. The summed E-state index contributed by atoms with van der Waals surface area (Å²) < 4.78 is 2.14. The van der Waals surface area contributed by atoms with Crippen molar-refractivity contribution in [1.29, 1.82) is 0 Å². The van der Waals surface area contributed by atoms with Crippen molar-refractivity contribution in [2.75, 3.05) is 0 Å². The lowest BCUT2D eigenvalue weighted by atomic mass is 9.98. The zero-order chi connectivity index (χ0) is 9.38. The van der Waals surface area contributed by atoms with E-state index in [-0.39, 0.29) is 0 Å². The summed E-state index contributed by atoms with van der Waals surface area (Å²) in [4.78, 5) is 0. The summed E-state index contributed by atoms with van der Waals surface area (Å²) in [6, 6.07) is 10.5. The number of hydrogen-bond donors (Lipinski definition) is 0. The molecule has 3 rings (SSSR count). The Hall–Kier alpha value is -1.64. The maximum atomic E-state index is 4.17. The van der Waals surface area contributed by atoms with Gasteiger partial charge in [-0.25, -0.2) is 0 Å². The van der Waals surface area contributed by atoms with Crippen molar-refractivity contribution in [3.05, 3.63) is 48.0 Å². The van der Waals surface area contributed by atoms with Gasteiger partial charge < -0.3 is 4.57 Å². The number of hydrogen-bond acceptors (Lipinski definition) is 2. The average molecular weight is 185 g/mol. The Balaban J connectivity index is 2.03. The molecule has 3 heteroatoms. The van der Waals surface area contributed by atoms with Crippen LogP contribution in [0.1, 0.15) is 23.7 Å². The Bertz CT molecular complexity index is 433. The van der Waals surface area contributed by atoms with Crippen molar-refractivity contribution < 1.29 is 0 Å². The summed E-state index contributed by atoms with van der Waals surface area (Å²) in [5, 5.41) is 8.10. The first kappa shape index (κ1) is 7.74. The molecule has 3 nitrogen and oxygen atoms in total. The smallest absolute Gasteiger partial charge is 0.140 e. The Morgan fingerprint density at radius 2 is 2.07 bits per heavy atom. The second-order valence-corrected chi connectivity index (χ2v) is 3.63. The predicted octanol–water partition coefficient (Wildman–Crippen LogP) is 1.81. The largest absolute Gasteiger partial charge is 0.317 e. The standard InChI is InChI=1S/C11H11N3/c1-2-4-9(5-3-1)10-6-7-14-8-12-13-11(10)14/h1-5,8,10H,6-7H2. The van der Waals surface area contributed by atoms with Crippen molar-refractivity contribution in [3.8, 4) is 0 Å².